The lowest BCUT2D eigenvalue weighted by Crippen LogP contribution is -2.28. The molecule has 0 bridgehead atoms. The summed E-state index contributed by atoms with van der Waals surface area (Å²) in [5.74, 6) is -0.519. The predicted octanol–water partition coefficient (Wildman–Crippen LogP) is 2.51. The SMILES string of the molecule is Cc1ccc(CN2CC(C(=O)Nc3ccc(N4CCNC4=O)cc3)CC2=O)cc1. The fourth-order valence-electron chi connectivity index (χ4n) is 3.70. The molecule has 2 aliphatic heterocycles. The largest absolute Gasteiger partial charge is 0.338 e. The number of aryl methyl sites for hydroxylation is 1. The molecule has 0 saturated carbocycles. The molecule has 1 unspecified atom stereocenters. The second-order valence-electron chi connectivity index (χ2n) is 7.58. The van der Waals surface area contributed by atoms with E-state index in [1.807, 2.05) is 43.3 Å². The molecule has 2 aliphatic rings. The molecule has 29 heavy (non-hydrogen) atoms. The van der Waals surface area contributed by atoms with E-state index in [0.717, 1.165) is 11.3 Å². The van der Waals surface area contributed by atoms with Crippen LogP contribution in [0.25, 0.3) is 0 Å². The third-order valence-electron chi connectivity index (χ3n) is 5.38. The molecular formula is C22H24N4O3. The van der Waals surface area contributed by atoms with Crippen LogP contribution in [0, 0.1) is 12.8 Å². The molecule has 150 valence electrons. The number of nitrogens with one attached hydrogen (secondary N) is 2. The van der Waals surface area contributed by atoms with Crippen LogP contribution in [0.3, 0.4) is 0 Å². The molecule has 2 saturated heterocycles. The van der Waals surface area contributed by atoms with Crippen molar-refractivity contribution in [2.45, 2.75) is 19.9 Å². The molecule has 7 nitrogen and oxygen atoms in total. The van der Waals surface area contributed by atoms with E-state index < -0.39 is 0 Å². The summed E-state index contributed by atoms with van der Waals surface area (Å²) in [7, 11) is 0. The Morgan fingerprint density at radius 1 is 1.10 bits per heavy atom. The van der Waals surface area contributed by atoms with Crippen LogP contribution in [0.15, 0.2) is 48.5 Å². The number of amides is 4. The lowest BCUT2D eigenvalue weighted by molar-refractivity contribution is -0.128. The molecule has 2 aromatic carbocycles. The fraction of sp³-hybridized carbons (Fsp3) is 0.318. The Hall–Kier alpha value is -3.35. The van der Waals surface area contributed by atoms with Crippen molar-refractivity contribution in [3.63, 3.8) is 0 Å². The van der Waals surface area contributed by atoms with Gasteiger partial charge in [0, 0.05) is 44.0 Å². The first-order valence-corrected chi connectivity index (χ1v) is 9.79. The van der Waals surface area contributed by atoms with Crippen molar-refractivity contribution in [1.82, 2.24) is 10.2 Å². The minimum absolute atomic E-state index is 0.00104. The number of benzene rings is 2. The zero-order valence-corrected chi connectivity index (χ0v) is 16.4. The van der Waals surface area contributed by atoms with Crippen LogP contribution in [0.2, 0.25) is 0 Å². The summed E-state index contributed by atoms with van der Waals surface area (Å²) >= 11 is 0. The molecule has 0 radical (unpaired) electrons. The molecule has 2 fully saturated rings. The molecule has 0 spiro atoms. The Morgan fingerprint density at radius 3 is 2.48 bits per heavy atom. The fourth-order valence-corrected chi connectivity index (χ4v) is 3.70. The maximum atomic E-state index is 12.6. The number of carbonyl (C=O) groups excluding carboxylic acids is 3. The number of carbonyl (C=O) groups is 3. The third kappa shape index (κ3) is 4.23. The van der Waals surface area contributed by atoms with E-state index in [0.29, 0.717) is 31.9 Å². The smallest absolute Gasteiger partial charge is 0.321 e. The molecule has 2 N–H and O–H groups in total. The first kappa shape index (κ1) is 19.0. The van der Waals surface area contributed by atoms with Crippen LogP contribution in [-0.2, 0) is 16.1 Å². The summed E-state index contributed by atoms with van der Waals surface area (Å²) in [5.41, 5.74) is 3.68. The van der Waals surface area contributed by atoms with Gasteiger partial charge in [0.25, 0.3) is 0 Å². The molecule has 2 aromatic rings. The maximum absolute atomic E-state index is 12.6. The van der Waals surface area contributed by atoms with Crippen LogP contribution in [0.5, 0.6) is 0 Å². The zero-order valence-electron chi connectivity index (χ0n) is 16.4. The number of hydrogen-bond donors (Lipinski definition) is 2. The quantitative estimate of drug-likeness (QED) is 0.820. The van der Waals surface area contributed by atoms with Gasteiger partial charge in [0.2, 0.25) is 11.8 Å². The molecule has 1 atom stereocenters. The Morgan fingerprint density at radius 2 is 1.83 bits per heavy atom. The van der Waals surface area contributed by atoms with Gasteiger partial charge in [-0.05, 0) is 36.8 Å². The summed E-state index contributed by atoms with van der Waals surface area (Å²) in [5, 5.41) is 5.65. The van der Waals surface area contributed by atoms with E-state index in [1.165, 1.54) is 5.56 Å². The van der Waals surface area contributed by atoms with Gasteiger partial charge in [-0.1, -0.05) is 29.8 Å². The summed E-state index contributed by atoms with van der Waals surface area (Å²) in [6.07, 6.45) is 0.226. The highest BCUT2D eigenvalue weighted by atomic mass is 16.2. The Balaban J connectivity index is 1.34. The number of urea groups is 1. The van der Waals surface area contributed by atoms with E-state index in [1.54, 1.807) is 21.9 Å². The summed E-state index contributed by atoms with van der Waals surface area (Å²) in [6, 6.07) is 15.1. The van der Waals surface area contributed by atoms with Gasteiger partial charge >= 0.3 is 6.03 Å². The Bertz CT molecular complexity index is 924. The van der Waals surface area contributed by atoms with Crippen molar-refractivity contribution in [3.8, 4) is 0 Å². The van der Waals surface area contributed by atoms with Crippen molar-refractivity contribution in [1.29, 1.82) is 0 Å². The van der Waals surface area contributed by atoms with Gasteiger partial charge in [-0.15, -0.1) is 0 Å². The third-order valence-corrected chi connectivity index (χ3v) is 5.38. The average molecular weight is 392 g/mol. The van der Waals surface area contributed by atoms with E-state index in [2.05, 4.69) is 10.6 Å². The van der Waals surface area contributed by atoms with Gasteiger partial charge in [0.05, 0.1) is 5.92 Å². The second-order valence-corrected chi connectivity index (χ2v) is 7.58. The van der Waals surface area contributed by atoms with E-state index in [-0.39, 0.29) is 30.2 Å². The lowest BCUT2D eigenvalue weighted by atomic mass is 10.1. The van der Waals surface area contributed by atoms with E-state index in [9.17, 15) is 14.4 Å². The van der Waals surface area contributed by atoms with Gasteiger partial charge in [-0.25, -0.2) is 4.79 Å². The lowest BCUT2D eigenvalue weighted by Gasteiger charge is -2.17. The summed E-state index contributed by atoms with van der Waals surface area (Å²) < 4.78 is 0. The van der Waals surface area contributed by atoms with Crippen molar-refractivity contribution in [2.75, 3.05) is 29.9 Å². The van der Waals surface area contributed by atoms with Crippen LogP contribution in [0.4, 0.5) is 16.2 Å². The van der Waals surface area contributed by atoms with Gasteiger partial charge in [-0.2, -0.15) is 0 Å². The van der Waals surface area contributed by atoms with Gasteiger partial charge in [-0.3, -0.25) is 14.5 Å². The van der Waals surface area contributed by atoms with Crippen LogP contribution < -0.4 is 15.5 Å². The molecular weight excluding hydrogens is 368 g/mol. The van der Waals surface area contributed by atoms with Crippen LogP contribution in [-0.4, -0.2) is 42.4 Å². The highest BCUT2D eigenvalue weighted by Crippen LogP contribution is 2.24. The molecule has 4 amide bonds. The number of likely N-dealkylation sites (tertiary alicyclic amines) is 1. The number of anilines is 2. The molecule has 4 rings (SSSR count). The van der Waals surface area contributed by atoms with Gasteiger partial charge in [0.1, 0.15) is 0 Å². The van der Waals surface area contributed by atoms with Crippen LogP contribution in [0.1, 0.15) is 17.5 Å². The second kappa shape index (κ2) is 7.95. The van der Waals surface area contributed by atoms with Gasteiger partial charge < -0.3 is 15.5 Å². The Labute approximate surface area is 169 Å². The highest BCUT2D eigenvalue weighted by Gasteiger charge is 2.34. The Kier molecular flexibility index (Phi) is 5.20. The monoisotopic (exact) mass is 392 g/mol. The van der Waals surface area contributed by atoms with Crippen molar-refractivity contribution >= 4 is 29.2 Å². The first-order valence-electron chi connectivity index (χ1n) is 9.79. The molecule has 0 aromatic heterocycles. The molecule has 7 heteroatoms. The molecule has 0 aliphatic carbocycles. The first-order chi connectivity index (χ1) is 14.0. The summed E-state index contributed by atoms with van der Waals surface area (Å²) in [4.78, 5) is 40.1. The van der Waals surface area contributed by atoms with Crippen LogP contribution >= 0.6 is 0 Å². The van der Waals surface area contributed by atoms with Crippen molar-refractivity contribution in [2.24, 2.45) is 5.92 Å². The highest BCUT2D eigenvalue weighted by molar-refractivity contribution is 5.98. The normalized spacial score (nSPS) is 18.9. The van der Waals surface area contributed by atoms with Gasteiger partial charge in [0.15, 0.2) is 0 Å². The molecule has 2 heterocycles. The van der Waals surface area contributed by atoms with Crippen molar-refractivity contribution in [3.05, 3.63) is 59.7 Å². The van der Waals surface area contributed by atoms with E-state index in [4.69, 9.17) is 0 Å². The maximum Gasteiger partial charge on any atom is 0.321 e. The number of nitrogens with zero attached hydrogens (tertiary/aromatic N) is 2. The summed E-state index contributed by atoms with van der Waals surface area (Å²) in [6.45, 7) is 4.23. The standard InChI is InChI=1S/C22H24N4O3/c1-15-2-4-16(5-3-15)13-25-14-17(12-20(25)27)21(28)24-18-6-8-19(9-7-18)26-11-10-23-22(26)29/h2-9,17H,10-14H2,1H3,(H,23,29)(H,24,28). The topological polar surface area (TPSA) is 81.8 Å². The minimum atomic E-state index is -0.364. The van der Waals surface area contributed by atoms with E-state index >= 15 is 0 Å². The zero-order chi connectivity index (χ0) is 20.4. The predicted molar refractivity (Wildman–Crippen MR) is 111 cm³/mol. The average Bonchev–Trinajstić information content (AvgIpc) is 3.30. The minimum Gasteiger partial charge on any atom is -0.338 e. The number of rotatable bonds is 5. The number of hydrogen-bond acceptors (Lipinski definition) is 3. The van der Waals surface area contributed by atoms with Crippen molar-refractivity contribution < 1.29 is 14.4 Å².